The minimum Gasteiger partial charge on any atom is -0.468 e. The van der Waals surface area contributed by atoms with Gasteiger partial charge in [0.2, 0.25) is 5.91 Å². The van der Waals surface area contributed by atoms with E-state index in [4.69, 9.17) is 4.74 Å². The highest BCUT2D eigenvalue weighted by Crippen LogP contribution is 2.39. The number of fused-ring (bicyclic) bond motifs is 1. The average Bonchev–Trinajstić information content (AvgIpc) is 3.00. The third-order valence-corrected chi connectivity index (χ3v) is 5.77. The molecule has 0 spiro atoms. The molecule has 0 unspecified atom stereocenters. The predicted octanol–water partition coefficient (Wildman–Crippen LogP) is 2.81. The van der Waals surface area contributed by atoms with Crippen molar-refractivity contribution in [3.05, 3.63) is 35.6 Å². The van der Waals surface area contributed by atoms with E-state index >= 15 is 0 Å². The van der Waals surface area contributed by atoms with E-state index in [0.717, 1.165) is 31.2 Å². The van der Waals surface area contributed by atoms with Gasteiger partial charge in [-0.15, -0.1) is 0 Å². The number of hydrogen-bond acceptors (Lipinski definition) is 4. The molecule has 3 rings (SSSR count). The van der Waals surface area contributed by atoms with Crippen molar-refractivity contribution in [2.45, 2.75) is 57.2 Å². The van der Waals surface area contributed by atoms with Crippen LogP contribution < -0.4 is 5.32 Å². The molecule has 1 aliphatic heterocycles. The Balaban J connectivity index is 1.65. The molecule has 4 atom stereocenters. The summed E-state index contributed by atoms with van der Waals surface area (Å²) in [6.07, 6.45) is 5.25. The predicted molar refractivity (Wildman–Crippen MR) is 95.8 cm³/mol. The Kier molecular flexibility index (Phi) is 5.91. The largest absolute Gasteiger partial charge is 0.468 e. The van der Waals surface area contributed by atoms with Gasteiger partial charge < -0.3 is 10.1 Å². The molecule has 0 radical (unpaired) electrons. The van der Waals surface area contributed by atoms with Gasteiger partial charge in [0.25, 0.3) is 0 Å². The van der Waals surface area contributed by atoms with Crippen LogP contribution in [0.4, 0.5) is 4.39 Å². The average molecular weight is 362 g/mol. The number of amides is 1. The smallest absolute Gasteiger partial charge is 0.323 e. The second-order valence-corrected chi connectivity index (χ2v) is 7.40. The normalized spacial score (nSPS) is 26.8. The van der Waals surface area contributed by atoms with Crippen molar-refractivity contribution in [1.29, 1.82) is 0 Å². The van der Waals surface area contributed by atoms with Crippen LogP contribution in [0.2, 0.25) is 0 Å². The van der Waals surface area contributed by atoms with Crippen LogP contribution in [0.3, 0.4) is 0 Å². The summed E-state index contributed by atoms with van der Waals surface area (Å²) < 4.78 is 18.0. The molecule has 1 aliphatic carbocycles. The van der Waals surface area contributed by atoms with E-state index in [1.54, 1.807) is 12.1 Å². The molecule has 1 amide bonds. The number of carbonyl (C=O) groups is 2. The number of nitrogens with one attached hydrogen (secondary N) is 1. The lowest BCUT2D eigenvalue weighted by molar-refractivity contribution is -0.146. The number of carbonyl (C=O) groups excluding carboxylic acids is 2. The fourth-order valence-corrected chi connectivity index (χ4v) is 4.44. The zero-order valence-corrected chi connectivity index (χ0v) is 15.4. The Morgan fingerprint density at radius 2 is 1.96 bits per heavy atom. The van der Waals surface area contributed by atoms with Gasteiger partial charge in [-0.3, -0.25) is 14.5 Å². The van der Waals surface area contributed by atoms with Gasteiger partial charge >= 0.3 is 5.97 Å². The maximum atomic E-state index is 13.1. The Morgan fingerprint density at radius 1 is 1.27 bits per heavy atom. The van der Waals surface area contributed by atoms with Crippen LogP contribution in [0, 0.1) is 11.7 Å². The molecule has 0 aromatic heterocycles. The topological polar surface area (TPSA) is 58.6 Å². The van der Waals surface area contributed by atoms with Crippen molar-refractivity contribution >= 4 is 11.9 Å². The number of rotatable bonds is 5. The SMILES string of the molecule is COC(=O)[C@@H]1C[C@@H]2CCCC[C@@H]2N1CC(=O)N[C@@H](C)c1ccc(F)cc1. The fourth-order valence-electron chi connectivity index (χ4n) is 4.44. The van der Waals surface area contributed by atoms with Crippen LogP contribution >= 0.6 is 0 Å². The Morgan fingerprint density at radius 3 is 2.65 bits per heavy atom. The fraction of sp³-hybridized carbons (Fsp3) is 0.600. The number of ether oxygens (including phenoxy) is 1. The van der Waals surface area contributed by atoms with E-state index in [1.165, 1.54) is 25.7 Å². The summed E-state index contributed by atoms with van der Waals surface area (Å²) in [6, 6.07) is 5.84. The van der Waals surface area contributed by atoms with E-state index in [9.17, 15) is 14.0 Å². The molecule has 1 N–H and O–H groups in total. The molecule has 5 nitrogen and oxygen atoms in total. The molecule has 1 aromatic carbocycles. The molecule has 2 fully saturated rings. The van der Waals surface area contributed by atoms with Crippen LogP contribution in [-0.2, 0) is 14.3 Å². The van der Waals surface area contributed by atoms with Gasteiger partial charge in [0.05, 0.1) is 19.7 Å². The number of esters is 1. The van der Waals surface area contributed by atoms with Gasteiger partial charge in [0, 0.05) is 6.04 Å². The van der Waals surface area contributed by atoms with Gasteiger partial charge in [-0.25, -0.2) is 4.39 Å². The van der Waals surface area contributed by atoms with Crippen molar-refractivity contribution < 1.29 is 18.7 Å². The van der Waals surface area contributed by atoms with E-state index in [0.29, 0.717) is 5.92 Å². The molecule has 142 valence electrons. The summed E-state index contributed by atoms with van der Waals surface area (Å²) in [5, 5.41) is 2.96. The monoisotopic (exact) mass is 362 g/mol. The molecule has 1 saturated heterocycles. The first kappa shape index (κ1) is 18.8. The number of nitrogens with zero attached hydrogens (tertiary/aromatic N) is 1. The van der Waals surface area contributed by atoms with E-state index < -0.39 is 0 Å². The number of likely N-dealkylation sites (tertiary alicyclic amines) is 1. The standard InChI is InChI=1S/C20H27FN2O3/c1-13(14-7-9-16(21)10-8-14)22-19(24)12-23-17-6-4-3-5-15(17)11-18(23)20(25)26-2/h7-10,13,15,17-18H,3-6,11-12H2,1-2H3,(H,22,24)/t13-,15-,17-,18-/m0/s1. The molecule has 1 aromatic rings. The third kappa shape index (κ3) is 4.06. The number of halogens is 1. The second kappa shape index (κ2) is 8.16. The van der Waals surface area contributed by atoms with Crippen molar-refractivity contribution in [3.63, 3.8) is 0 Å². The van der Waals surface area contributed by atoms with Gasteiger partial charge in [0.15, 0.2) is 0 Å². The third-order valence-electron chi connectivity index (χ3n) is 5.77. The first-order chi connectivity index (χ1) is 12.5. The molecule has 2 aliphatic rings. The number of hydrogen-bond donors (Lipinski definition) is 1. The summed E-state index contributed by atoms with van der Waals surface area (Å²) in [5.41, 5.74) is 0.848. The summed E-state index contributed by atoms with van der Waals surface area (Å²) in [5.74, 6) is -0.204. The molecular weight excluding hydrogens is 335 g/mol. The summed E-state index contributed by atoms with van der Waals surface area (Å²) in [7, 11) is 1.40. The lowest BCUT2D eigenvalue weighted by Crippen LogP contribution is -2.48. The molecule has 0 bridgehead atoms. The molecular formula is C20H27FN2O3. The van der Waals surface area contributed by atoms with Crippen molar-refractivity contribution in [3.8, 4) is 0 Å². The van der Waals surface area contributed by atoms with Crippen molar-refractivity contribution in [2.24, 2.45) is 5.92 Å². The van der Waals surface area contributed by atoms with Gasteiger partial charge in [0.1, 0.15) is 11.9 Å². The highest BCUT2D eigenvalue weighted by molar-refractivity contribution is 5.81. The van der Waals surface area contributed by atoms with Crippen LogP contribution in [-0.4, -0.2) is 42.5 Å². The van der Waals surface area contributed by atoms with E-state index in [-0.39, 0.29) is 42.4 Å². The maximum Gasteiger partial charge on any atom is 0.323 e. The Bertz CT molecular complexity index is 649. The Hall–Kier alpha value is -1.95. The van der Waals surface area contributed by atoms with Crippen LogP contribution in [0.5, 0.6) is 0 Å². The first-order valence-corrected chi connectivity index (χ1v) is 9.38. The lowest BCUT2D eigenvalue weighted by atomic mass is 9.85. The second-order valence-electron chi connectivity index (χ2n) is 7.40. The summed E-state index contributed by atoms with van der Waals surface area (Å²) >= 11 is 0. The van der Waals surface area contributed by atoms with Crippen LogP contribution in [0.15, 0.2) is 24.3 Å². The zero-order valence-electron chi connectivity index (χ0n) is 15.4. The first-order valence-electron chi connectivity index (χ1n) is 9.38. The van der Waals surface area contributed by atoms with Gasteiger partial charge in [-0.2, -0.15) is 0 Å². The molecule has 1 saturated carbocycles. The number of benzene rings is 1. The van der Waals surface area contributed by atoms with Crippen molar-refractivity contribution in [1.82, 2.24) is 10.2 Å². The molecule has 6 heteroatoms. The van der Waals surface area contributed by atoms with Crippen LogP contribution in [0.25, 0.3) is 0 Å². The minimum atomic E-state index is -0.333. The highest BCUT2D eigenvalue weighted by atomic mass is 19.1. The molecule has 26 heavy (non-hydrogen) atoms. The summed E-state index contributed by atoms with van der Waals surface area (Å²) in [6.45, 7) is 2.06. The van der Waals surface area contributed by atoms with E-state index in [1.807, 2.05) is 11.8 Å². The minimum absolute atomic E-state index is 0.123. The highest BCUT2D eigenvalue weighted by Gasteiger charge is 2.46. The quantitative estimate of drug-likeness (QED) is 0.819. The molecule has 1 heterocycles. The van der Waals surface area contributed by atoms with Gasteiger partial charge in [-0.05, 0) is 49.8 Å². The van der Waals surface area contributed by atoms with Crippen molar-refractivity contribution in [2.75, 3.05) is 13.7 Å². The number of methoxy groups -OCH3 is 1. The lowest BCUT2D eigenvalue weighted by Gasteiger charge is -2.33. The summed E-state index contributed by atoms with van der Waals surface area (Å²) in [4.78, 5) is 26.8. The van der Waals surface area contributed by atoms with Gasteiger partial charge in [-0.1, -0.05) is 25.0 Å². The van der Waals surface area contributed by atoms with E-state index in [2.05, 4.69) is 5.32 Å². The maximum absolute atomic E-state index is 13.1. The zero-order chi connectivity index (χ0) is 18.7. The van der Waals surface area contributed by atoms with Crippen LogP contribution in [0.1, 0.15) is 50.6 Å². The Labute approximate surface area is 153 Å².